The van der Waals surface area contributed by atoms with Gasteiger partial charge in [-0.3, -0.25) is 9.59 Å². The summed E-state index contributed by atoms with van der Waals surface area (Å²) >= 11 is 0. The molecule has 1 rings (SSSR count). The van der Waals surface area contributed by atoms with Crippen LogP contribution in [0.1, 0.15) is 51.9 Å². The van der Waals surface area contributed by atoms with E-state index in [2.05, 4.69) is 5.32 Å². The van der Waals surface area contributed by atoms with Gasteiger partial charge in [0.2, 0.25) is 11.8 Å². The van der Waals surface area contributed by atoms with Crippen LogP contribution in [0.2, 0.25) is 0 Å². The first-order valence-electron chi connectivity index (χ1n) is 7.28. The number of nitrogens with one attached hydrogen (secondary N) is 1. The molecule has 1 aliphatic carbocycles. The number of carbonyl (C=O) groups excluding carboxylic acids is 2. The van der Waals surface area contributed by atoms with Gasteiger partial charge < -0.3 is 16.0 Å². The minimum Gasteiger partial charge on any atom is -0.358 e. The zero-order valence-electron chi connectivity index (χ0n) is 12.2. The Morgan fingerprint density at radius 3 is 2.42 bits per heavy atom. The molecule has 1 aliphatic rings. The van der Waals surface area contributed by atoms with Gasteiger partial charge in [-0.05, 0) is 19.3 Å². The molecular formula is C14H27N3O2. The van der Waals surface area contributed by atoms with E-state index < -0.39 is 0 Å². The smallest absolute Gasteiger partial charge is 0.239 e. The minimum absolute atomic E-state index is 0.00912. The quantitative estimate of drug-likeness (QED) is 0.756. The Kier molecular flexibility index (Phi) is 6.28. The van der Waals surface area contributed by atoms with Crippen LogP contribution in [0.25, 0.3) is 0 Å². The summed E-state index contributed by atoms with van der Waals surface area (Å²) in [5.74, 6) is -0.119. The molecule has 0 aromatic heterocycles. The molecule has 0 saturated heterocycles. The molecule has 2 amide bonds. The number of hydrogen-bond donors (Lipinski definition) is 2. The first kappa shape index (κ1) is 16.0. The van der Waals surface area contributed by atoms with Crippen molar-refractivity contribution in [2.75, 3.05) is 20.1 Å². The van der Waals surface area contributed by atoms with Crippen LogP contribution in [0.3, 0.4) is 0 Å². The molecule has 3 N–H and O–H groups in total. The number of nitrogens with zero attached hydrogens (tertiary/aromatic N) is 1. The lowest BCUT2D eigenvalue weighted by Gasteiger charge is -2.34. The Labute approximate surface area is 115 Å². The zero-order valence-corrected chi connectivity index (χ0v) is 12.2. The summed E-state index contributed by atoms with van der Waals surface area (Å²) < 4.78 is 0. The topological polar surface area (TPSA) is 75.4 Å². The fourth-order valence-electron chi connectivity index (χ4n) is 2.66. The third kappa shape index (κ3) is 5.19. The normalized spacial score (nSPS) is 17.8. The number of rotatable bonds is 6. The first-order valence-corrected chi connectivity index (χ1v) is 7.28. The van der Waals surface area contributed by atoms with Gasteiger partial charge in [-0.1, -0.05) is 26.2 Å². The second kappa shape index (κ2) is 7.48. The van der Waals surface area contributed by atoms with Crippen LogP contribution in [-0.4, -0.2) is 42.4 Å². The molecule has 0 aromatic carbocycles. The molecule has 0 atom stereocenters. The van der Waals surface area contributed by atoms with Crippen molar-refractivity contribution in [3.8, 4) is 0 Å². The Bertz CT molecular complexity index is 312. The van der Waals surface area contributed by atoms with E-state index in [9.17, 15) is 9.59 Å². The predicted octanol–water partition coefficient (Wildman–Crippen LogP) is 1.02. The van der Waals surface area contributed by atoms with Gasteiger partial charge in [0.25, 0.3) is 0 Å². The monoisotopic (exact) mass is 269 g/mol. The maximum Gasteiger partial charge on any atom is 0.239 e. The summed E-state index contributed by atoms with van der Waals surface area (Å²) in [6.07, 6.45) is 6.46. The molecule has 5 nitrogen and oxygen atoms in total. The van der Waals surface area contributed by atoms with E-state index in [1.165, 1.54) is 6.42 Å². The number of likely N-dealkylation sites (N-methyl/N-ethyl adjacent to an activating group) is 1. The van der Waals surface area contributed by atoms with E-state index in [-0.39, 0.29) is 23.9 Å². The Balaban J connectivity index is 2.57. The van der Waals surface area contributed by atoms with Crippen molar-refractivity contribution < 1.29 is 9.59 Å². The molecule has 110 valence electrons. The van der Waals surface area contributed by atoms with Crippen molar-refractivity contribution in [3.63, 3.8) is 0 Å². The molecule has 0 unspecified atom stereocenters. The van der Waals surface area contributed by atoms with Gasteiger partial charge in [0.15, 0.2) is 0 Å². The highest BCUT2D eigenvalue weighted by molar-refractivity contribution is 5.85. The molecule has 0 heterocycles. The molecule has 0 bridgehead atoms. The minimum atomic E-state index is -0.357. The number of amides is 2. The highest BCUT2D eigenvalue weighted by atomic mass is 16.2. The number of carbonyl (C=O) groups is 2. The van der Waals surface area contributed by atoms with E-state index in [1.54, 1.807) is 11.9 Å². The SMILES string of the molecule is CCCN(CC(=O)NC)C(=O)CC1(N)CCCCC1. The molecule has 0 spiro atoms. The molecular weight excluding hydrogens is 242 g/mol. The van der Waals surface area contributed by atoms with Crippen LogP contribution < -0.4 is 11.1 Å². The van der Waals surface area contributed by atoms with Crippen molar-refractivity contribution in [1.82, 2.24) is 10.2 Å². The zero-order chi connectivity index (χ0) is 14.3. The van der Waals surface area contributed by atoms with Crippen LogP contribution in [0.15, 0.2) is 0 Å². The van der Waals surface area contributed by atoms with Gasteiger partial charge >= 0.3 is 0 Å². The third-order valence-corrected chi connectivity index (χ3v) is 3.81. The van der Waals surface area contributed by atoms with Crippen molar-refractivity contribution >= 4 is 11.8 Å². The van der Waals surface area contributed by atoms with Crippen LogP contribution in [0.4, 0.5) is 0 Å². The maximum atomic E-state index is 12.3. The molecule has 0 aromatic rings. The van der Waals surface area contributed by atoms with E-state index in [1.807, 2.05) is 6.92 Å². The third-order valence-electron chi connectivity index (χ3n) is 3.81. The number of nitrogens with two attached hydrogens (primary N) is 1. The largest absolute Gasteiger partial charge is 0.358 e. The Morgan fingerprint density at radius 2 is 1.89 bits per heavy atom. The fourth-order valence-corrected chi connectivity index (χ4v) is 2.66. The summed E-state index contributed by atoms with van der Waals surface area (Å²) in [6.45, 7) is 2.75. The van der Waals surface area contributed by atoms with Gasteiger partial charge in [-0.15, -0.1) is 0 Å². The van der Waals surface area contributed by atoms with E-state index in [4.69, 9.17) is 5.73 Å². The van der Waals surface area contributed by atoms with Crippen LogP contribution >= 0.6 is 0 Å². The summed E-state index contributed by atoms with van der Waals surface area (Å²) in [5.41, 5.74) is 5.95. The van der Waals surface area contributed by atoms with Crippen molar-refractivity contribution in [2.45, 2.75) is 57.4 Å². The second-order valence-corrected chi connectivity index (χ2v) is 5.59. The average molecular weight is 269 g/mol. The van der Waals surface area contributed by atoms with Crippen molar-refractivity contribution in [1.29, 1.82) is 0 Å². The maximum absolute atomic E-state index is 12.3. The van der Waals surface area contributed by atoms with Gasteiger partial charge in [-0.25, -0.2) is 0 Å². The van der Waals surface area contributed by atoms with E-state index in [0.717, 1.165) is 32.1 Å². The molecule has 0 radical (unpaired) electrons. The van der Waals surface area contributed by atoms with Crippen LogP contribution in [0, 0.1) is 0 Å². The molecule has 19 heavy (non-hydrogen) atoms. The van der Waals surface area contributed by atoms with Gasteiger partial charge in [-0.2, -0.15) is 0 Å². The van der Waals surface area contributed by atoms with Crippen LogP contribution in [0.5, 0.6) is 0 Å². The summed E-state index contributed by atoms with van der Waals surface area (Å²) in [5, 5.41) is 2.56. The molecule has 0 aliphatic heterocycles. The van der Waals surface area contributed by atoms with Gasteiger partial charge in [0.1, 0.15) is 0 Å². The predicted molar refractivity (Wildman–Crippen MR) is 75.6 cm³/mol. The van der Waals surface area contributed by atoms with E-state index in [0.29, 0.717) is 13.0 Å². The molecule has 1 fully saturated rings. The Hall–Kier alpha value is -1.10. The lowest BCUT2D eigenvalue weighted by molar-refractivity contribution is -0.137. The lowest BCUT2D eigenvalue weighted by atomic mass is 9.80. The van der Waals surface area contributed by atoms with Crippen LogP contribution in [-0.2, 0) is 9.59 Å². The van der Waals surface area contributed by atoms with E-state index >= 15 is 0 Å². The second-order valence-electron chi connectivity index (χ2n) is 5.59. The first-order chi connectivity index (χ1) is 9.00. The Morgan fingerprint density at radius 1 is 1.26 bits per heavy atom. The highest BCUT2D eigenvalue weighted by Gasteiger charge is 2.31. The molecule has 5 heteroatoms. The standard InChI is InChI=1S/C14H27N3O2/c1-3-9-17(11-12(18)16-2)13(19)10-14(15)7-5-4-6-8-14/h3-11,15H2,1-2H3,(H,16,18). The summed E-state index contributed by atoms with van der Waals surface area (Å²) in [7, 11) is 1.59. The number of hydrogen-bond acceptors (Lipinski definition) is 3. The highest BCUT2D eigenvalue weighted by Crippen LogP contribution is 2.29. The lowest BCUT2D eigenvalue weighted by Crippen LogP contribution is -2.48. The van der Waals surface area contributed by atoms with Crippen molar-refractivity contribution in [3.05, 3.63) is 0 Å². The average Bonchev–Trinajstić information content (AvgIpc) is 2.38. The summed E-state index contributed by atoms with van der Waals surface area (Å²) in [4.78, 5) is 25.4. The molecule has 1 saturated carbocycles. The van der Waals surface area contributed by atoms with Gasteiger partial charge in [0.05, 0.1) is 6.54 Å². The fraction of sp³-hybridized carbons (Fsp3) is 0.857. The van der Waals surface area contributed by atoms with Gasteiger partial charge in [0, 0.05) is 25.6 Å². The van der Waals surface area contributed by atoms with Crippen molar-refractivity contribution in [2.24, 2.45) is 5.73 Å². The summed E-state index contributed by atoms with van der Waals surface area (Å²) in [6, 6.07) is 0.